The number of hydrogen-bond acceptors (Lipinski definition) is 4. The Labute approximate surface area is 168 Å². The van der Waals surface area contributed by atoms with Crippen LogP contribution in [0, 0.1) is 5.82 Å². The molecule has 2 amide bonds. The van der Waals surface area contributed by atoms with Gasteiger partial charge in [-0.25, -0.2) is 4.39 Å². The Morgan fingerprint density at radius 1 is 1.21 bits per heavy atom. The second-order valence-corrected chi connectivity index (χ2v) is 7.12. The highest BCUT2D eigenvalue weighted by molar-refractivity contribution is 5.97. The molecule has 154 valence electrons. The number of aliphatic hydroxyl groups is 1. The van der Waals surface area contributed by atoms with Gasteiger partial charge in [-0.2, -0.15) is 0 Å². The van der Waals surface area contributed by atoms with Gasteiger partial charge in [0.15, 0.2) is 0 Å². The lowest BCUT2D eigenvalue weighted by Gasteiger charge is -2.16. The average molecular weight is 400 g/mol. The third-order valence-electron chi connectivity index (χ3n) is 5.21. The van der Waals surface area contributed by atoms with Crippen LogP contribution in [0.2, 0.25) is 0 Å². The minimum atomic E-state index is -0.607. The molecule has 2 aromatic carbocycles. The van der Waals surface area contributed by atoms with E-state index < -0.39 is 17.6 Å². The van der Waals surface area contributed by atoms with Gasteiger partial charge >= 0.3 is 0 Å². The average Bonchev–Trinajstić information content (AvgIpc) is 3.18. The number of rotatable bonds is 8. The van der Waals surface area contributed by atoms with E-state index in [4.69, 9.17) is 15.6 Å². The quantitative estimate of drug-likeness (QED) is 0.591. The monoisotopic (exact) mass is 400 g/mol. The summed E-state index contributed by atoms with van der Waals surface area (Å²) in [4.78, 5) is 23.9. The number of carbonyl (C=O) groups is 2. The van der Waals surface area contributed by atoms with E-state index in [1.807, 2.05) is 0 Å². The normalized spacial score (nSPS) is 12.5. The number of nitrogens with one attached hydrogen (secondary N) is 1. The lowest BCUT2D eigenvalue weighted by atomic mass is 9.93. The van der Waals surface area contributed by atoms with Crippen molar-refractivity contribution in [2.45, 2.75) is 32.1 Å². The van der Waals surface area contributed by atoms with Crippen LogP contribution in [0.4, 0.5) is 4.39 Å². The van der Waals surface area contributed by atoms with Gasteiger partial charge in [0.1, 0.15) is 11.6 Å². The molecule has 3 rings (SSSR count). The maximum absolute atomic E-state index is 14.5. The number of nitrogens with two attached hydrogens (primary N) is 1. The van der Waals surface area contributed by atoms with Crippen LogP contribution in [0.5, 0.6) is 5.75 Å². The summed E-state index contributed by atoms with van der Waals surface area (Å²) < 4.78 is 19.9. The molecule has 0 saturated carbocycles. The maximum Gasteiger partial charge on any atom is 0.254 e. The van der Waals surface area contributed by atoms with Gasteiger partial charge < -0.3 is 20.9 Å². The van der Waals surface area contributed by atoms with Crippen LogP contribution < -0.4 is 15.8 Å². The van der Waals surface area contributed by atoms with Gasteiger partial charge in [-0.05, 0) is 72.6 Å². The lowest BCUT2D eigenvalue weighted by Crippen LogP contribution is -2.26. The molecule has 0 saturated heterocycles. The number of ether oxygens (including phenoxy) is 1. The molecule has 2 aromatic rings. The fourth-order valence-corrected chi connectivity index (χ4v) is 3.86. The maximum atomic E-state index is 14.5. The summed E-state index contributed by atoms with van der Waals surface area (Å²) in [7, 11) is 1.53. The van der Waals surface area contributed by atoms with E-state index in [-0.39, 0.29) is 18.7 Å². The van der Waals surface area contributed by atoms with Crippen molar-refractivity contribution in [1.82, 2.24) is 5.32 Å². The number of methoxy groups -OCH3 is 1. The third-order valence-corrected chi connectivity index (χ3v) is 5.21. The summed E-state index contributed by atoms with van der Waals surface area (Å²) in [6, 6.07) is 6.24. The number of benzene rings is 2. The highest BCUT2D eigenvalue weighted by atomic mass is 19.1. The molecule has 1 aliphatic rings. The predicted molar refractivity (Wildman–Crippen MR) is 107 cm³/mol. The molecule has 7 heteroatoms. The summed E-state index contributed by atoms with van der Waals surface area (Å²) in [6.45, 7) is 0.242. The van der Waals surface area contributed by atoms with Crippen molar-refractivity contribution in [3.63, 3.8) is 0 Å². The number of fused-ring (bicyclic) bond motifs is 1. The van der Waals surface area contributed by atoms with E-state index in [1.165, 1.54) is 19.2 Å². The van der Waals surface area contributed by atoms with E-state index in [0.29, 0.717) is 29.7 Å². The van der Waals surface area contributed by atoms with Gasteiger partial charge in [-0.3, -0.25) is 9.59 Å². The van der Waals surface area contributed by atoms with Crippen LogP contribution in [0.1, 0.15) is 55.8 Å². The van der Waals surface area contributed by atoms with Crippen molar-refractivity contribution in [1.29, 1.82) is 0 Å². The molecular weight excluding hydrogens is 375 g/mol. The fraction of sp³-hybridized carbons (Fsp3) is 0.364. The zero-order valence-electron chi connectivity index (χ0n) is 16.4. The Morgan fingerprint density at radius 3 is 2.62 bits per heavy atom. The number of halogens is 1. The van der Waals surface area contributed by atoms with E-state index in [0.717, 1.165) is 36.0 Å². The zero-order chi connectivity index (χ0) is 21.0. The minimum Gasteiger partial charge on any atom is -0.496 e. The summed E-state index contributed by atoms with van der Waals surface area (Å²) in [6.07, 6.45) is 3.48. The van der Waals surface area contributed by atoms with Crippen molar-refractivity contribution < 1.29 is 23.8 Å². The van der Waals surface area contributed by atoms with Crippen LogP contribution in [-0.2, 0) is 19.3 Å². The molecule has 4 N–H and O–H groups in total. The third kappa shape index (κ3) is 4.40. The first kappa shape index (κ1) is 20.8. The molecule has 0 unspecified atom stereocenters. The molecular formula is C22H25FN2O4. The van der Waals surface area contributed by atoms with Crippen molar-refractivity contribution in [2.24, 2.45) is 5.73 Å². The first-order valence-electron chi connectivity index (χ1n) is 9.65. The van der Waals surface area contributed by atoms with E-state index >= 15 is 0 Å². The molecule has 0 fully saturated rings. The summed E-state index contributed by atoms with van der Waals surface area (Å²) in [5, 5.41) is 11.3. The number of carbonyl (C=O) groups excluding carboxylic acids is 2. The summed E-state index contributed by atoms with van der Waals surface area (Å²) in [5.41, 5.74) is 9.58. The van der Waals surface area contributed by atoms with Crippen LogP contribution in [0.15, 0.2) is 24.3 Å². The van der Waals surface area contributed by atoms with Gasteiger partial charge in [0.2, 0.25) is 0 Å². The van der Waals surface area contributed by atoms with Crippen LogP contribution in [0.3, 0.4) is 0 Å². The molecule has 0 heterocycles. The highest BCUT2D eigenvalue weighted by Gasteiger charge is 2.25. The molecule has 0 aliphatic heterocycles. The van der Waals surface area contributed by atoms with Crippen molar-refractivity contribution in [3.8, 4) is 5.75 Å². The van der Waals surface area contributed by atoms with E-state index in [2.05, 4.69) is 5.32 Å². The highest BCUT2D eigenvalue weighted by Crippen LogP contribution is 2.37. The van der Waals surface area contributed by atoms with Crippen molar-refractivity contribution in [3.05, 3.63) is 63.5 Å². The molecule has 29 heavy (non-hydrogen) atoms. The Morgan fingerprint density at radius 2 is 1.97 bits per heavy atom. The zero-order valence-corrected chi connectivity index (χ0v) is 16.4. The predicted octanol–water partition coefficient (Wildman–Crippen LogP) is 2.12. The second-order valence-electron chi connectivity index (χ2n) is 7.12. The van der Waals surface area contributed by atoms with Crippen LogP contribution in [-0.4, -0.2) is 37.2 Å². The molecule has 0 atom stereocenters. The first-order valence-corrected chi connectivity index (χ1v) is 9.65. The van der Waals surface area contributed by atoms with Crippen molar-refractivity contribution in [2.75, 3.05) is 20.3 Å². The van der Waals surface area contributed by atoms with Gasteiger partial charge in [-0.1, -0.05) is 6.07 Å². The summed E-state index contributed by atoms with van der Waals surface area (Å²) in [5.74, 6) is -1.14. The molecule has 1 aliphatic carbocycles. The van der Waals surface area contributed by atoms with Crippen molar-refractivity contribution >= 4 is 11.8 Å². The number of primary amides is 1. The standard InChI is InChI=1S/C22H25FN2O4/c1-29-20-16-5-2-4-15(16)14(12-18(20)21(24)27)10-13-6-7-17(19(23)11-13)22(28)25-8-3-9-26/h6-7,11-12,26H,2-5,8-10H2,1H3,(H2,24,27)(H,25,28). The SMILES string of the molecule is COc1c(C(N)=O)cc(Cc2ccc(C(=O)NCCCO)c(F)c2)c2c1CCC2. The number of amides is 2. The van der Waals surface area contributed by atoms with Gasteiger partial charge in [0.05, 0.1) is 18.2 Å². The Bertz CT molecular complexity index is 943. The number of aliphatic hydroxyl groups excluding tert-OH is 1. The smallest absolute Gasteiger partial charge is 0.254 e. The topological polar surface area (TPSA) is 102 Å². The van der Waals surface area contributed by atoms with Crippen LogP contribution >= 0.6 is 0 Å². The first-order chi connectivity index (χ1) is 14.0. The van der Waals surface area contributed by atoms with E-state index in [1.54, 1.807) is 12.1 Å². The number of hydrogen-bond donors (Lipinski definition) is 3. The van der Waals surface area contributed by atoms with Gasteiger partial charge in [-0.15, -0.1) is 0 Å². The molecule has 0 spiro atoms. The fourth-order valence-electron chi connectivity index (χ4n) is 3.86. The second kappa shape index (κ2) is 9.05. The summed E-state index contributed by atoms with van der Waals surface area (Å²) >= 11 is 0. The van der Waals surface area contributed by atoms with Gasteiger partial charge in [0.25, 0.3) is 11.8 Å². The molecule has 0 bridgehead atoms. The minimum absolute atomic E-state index is 0.0375. The van der Waals surface area contributed by atoms with E-state index in [9.17, 15) is 14.0 Å². The lowest BCUT2D eigenvalue weighted by molar-refractivity contribution is 0.0945. The molecule has 6 nitrogen and oxygen atoms in total. The Kier molecular flexibility index (Phi) is 6.49. The van der Waals surface area contributed by atoms with Crippen LogP contribution in [0.25, 0.3) is 0 Å². The molecule has 0 aromatic heterocycles. The Balaban J connectivity index is 1.88. The Hall–Kier alpha value is -2.93. The van der Waals surface area contributed by atoms with Gasteiger partial charge in [0, 0.05) is 13.2 Å². The largest absolute Gasteiger partial charge is 0.496 e. The molecule has 0 radical (unpaired) electrons.